The molecular weight excluding hydrogens is 422 g/mol. The third-order valence-electron chi connectivity index (χ3n) is 4.01. The van der Waals surface area contributed by atoms with Crippen LogP contribution in [-0.2, 0) is 9.53 Å². The number of esters is 1. The fourth-order valence-electron chi connectivity index (χ4n) is 2.66. The maximum Gasteiger partial charge on any atom is 0.338 e. The molecule has 0 aromatic heterocycles. The first-order valence-corrected chi connectivity index (χ1v) is 9.33. The largest absolute Gasteiger partial charge is 0.496 e. The monoisotopic (exact) mass is 439 g/mol. The van der Waals surface area contributed by atoms with Crippen LogP contribution in [0.5, 0.6) is 5.75 Å². The minimum absolute atomic E-state index is 0.324. The van der Waals surface area contributed by atoms with E-state index in [-0.39, 0.29) is 6.61 Å². The van der Waals surface area contributed by atoms with Gasteiger partial charge in [-0.25, -0.2) is 4.79 Å². The molecule has 3 rings (SSSR count). The van der Waals surface area contributed by atoms with Gasteiger partial charge in [0.05, 0.1) is 17.1 Å². The summed E-state index contributed by atoms with van der Waals surface area (Å²) in [5.41, 5.74) is 2.85. The Labute approximate surface area is 171 Å². The Morgan fingerprint density at radius 3 is 2.39 bits per heavy atom. The first-order chi connectivity index (χ1) is 13.6. The topological polar surface area (TPSA) is 64.6 Å². The lowest BCUT2D eigenvalue weighted by Crippen LogP contribution is -2.21. The maximum absolute atomic E-state index is 12.3. The number of benzene rings is 3. The van der Waals surface area contributed by atoms with Crippen molar-refractivity contribution in [3.63, 3.8) is 0 Å². The standard InChI is InChI=1S/C22H18BrNO4/c1-27-20-12-11-16(13-18(20)23)22(26)28-14-21(25)24-19-10-6-5-9-17(19)15-7-3-2-4-8-15/h2-13H,14H2,1H3,(H,24,25). The summed E-state index contributed by atoms with van der Waals surface area (Å²) in [5.74, 6) is -0.397. The zero-order valence-corrected chi connectivity index (χ0v) is 16.7. The van der Waals surface area contributed by atoms with Crippen molar-refractivity contribution in [3.8, 4) is 16.9 Å². The first-order valence-electron chi connectivity index (χ1n) is 8.53. The van der Waals surface area contributed by atoms with Crippen LogP contribution in [0.15, 0.2) is 77.3 Å². The van der Waals surface area contributed by atoms with Crippen LogP contribution in [0, 0.1) is 0 Å². The van der Waals surface area contributed by atoms with E-state index in [4.69, 9.17) is 9.47 Å². The Kier molecular flexibility index (Phi) is 6.45. The van der Waals surface area contributed by atoms with E-state index in [0.29, 0.717) is 21.5 Å². The van der Waals surface area contributed by atoms with Crippen molar-refractivity contribution in [2.75, 3.05) is 19.0 Å². The summed E-state index contributed by atoms with van der Waals surface area (Å²) in [4.78, 5) is 24.5. The third kappa shape index (κ3) is 4.78. The molecule has 142 valence electrons. The Morgan fingerprint density at radius 1 is 0.964 bits per heavy atom. The number of methoxy groups -OCH3 is 1. The number of rotatable bonds is 6. The van der Waals surface area contributed by atoms with Gasteiger partial charge in [-0.1, -0.05) is 48.5 Å². The summed E-state index contributed by atoms with van der Waals surface area (Å²) in [6, 6.07) is 22.0. The highest BCUT2D eigenvalue weighted by atomic mass is 79.9. The van der Waals surface area contributed by atoms with Crippen molar-refractivity contribution in [2.24, 2.45) is 0 Å². The van der Waals surface area contributed by atoms with Crippen LogP contribution in [-0.4, -0.2) is 25.6 Å². The number of carbonyl (C=O) groups excluding carboxylic acids is 2. The van der Waals surface area contributed by atoms with Gasteiger partial charge in [0.1, 0.15) is 5.75 Å². The lowest BCUT2D eigenvalue weighted by atomic mass is 10.0. The molecule has 0 aliphatic rings. The van der Waals surface area contributed by atoms with Crippen molar-refractivity contribution in [1.82, 2.24) is 0 Å². The van der Waals surface area contributed by atoms with E-state index in [1.165, 1.54) is 7.11 Å². The summed E-state index contributed by atoms with van der Waals surface area (Å²) in [6.07, 6.45) is 0. The molecule has 28 heavy (non-hydrogen) atoms. The molecule has 0 aliphatic heterocycles. The summed E-state index contributed by atoms with van der Waals surface area (Å²) in [7, 11) is 1.54. The highest BCUT2D eigenvalue weighted by molar-refractivity contribution is 9.10. The SMILES string of the molecule is COc1ccc(C(=O)OCC(=O)Nc2ccccc2-c2ccccc2)cc1Br. The van der Waals surface area contributed by atoms with Gasteiger partial charge < -0.3 is 14.8 Å². The number of ether oxygens (including phenoxy) is 2. The number of carbonyl (C=O) groups is 2. The van der Waals surface area contributed by atoms with Crippen molar-refractivity contribution < 1.29 is 19.1 Å². The second-order valence-corrected chi connectivity index (χ2v) is 6.74. The van der Waals surface area contributed by atoms with Crippen LogP contribution < -0.4 is 10.1 Å². The van der Waals surface area contributed by atoms with Crippen LogP contribution in [0.25, 0.3) is 11.1 Å². The van der Waals surface area contributed by atoms with Gasteiger partial charge in [0.25, 0.3) is 5.91 Å². The number of halogens is 1. The number of hydrogen-bond acceptors (Lipinski definition) is 4. The lowest BCUT2D eigenvalue weighted by molar-refractivity contribution is -0.119. The molecule has 0 aliphatic carbocycles. The van der Waals surface area contributed by atoms with E-state index < -0.39 is 11.9 Å². The molecule has 3 aromatic rings. The van der Waals surface area contributed by atoms with Gasteiger partial charge in [-0.3, -0.25) is 4.79 Å². The highest BCUT2D eigenvalue weighted by Gasteiger charge is 2.13. The van der Waals surface area contributed by atoms with Crippen molar-refractivity contribution in [1.29, 1.82) is 0 Å². The molecule has 5 nitrogen and oxygen atoms in total. The Balaban J connectivity index is 1.64. The second kappa shape index (κ2) is 9.19. The van der Waals surface area contributed by atoms with Gasteiger partial charge in [-0.2, -0.15) is 0 Å². The van der Waals surface area contributed by atoms with Gasteiger partial charge in [0.15, 0.2) is 6.61 Å². The fourth-order valence-corrected chi connectivity index (χ4v) is 3.20. The average Bonchev–Trinajstić information content (AvgIpc) is 2.73. The van der Waals surface area contributed by atoms with E-state index in [0.717, 1.165) is 11.1 Å². The van der Waals surface area contributed by atoms with E-state index >= 15 is 0 Å². The summed E-state index contributed by atoms with van der Waals surface area (Å²) < 4.78 is 10.9. The summed E-state index contributed by atoms with van der Waals surface area (Å²) in [6.45, 7) is -0.383. The molecule has 6 heteroatoms. The molecule has 0 fully saturated rings. The molecule has 1 amide bonds. The molecule has 0 heterocycles. The Bertz CT molecular complexity index is 989. The van der Waals surface area contributed by atoms with Gasteiger partial charge in [-0.05, 0) is 45.8 Å². The van der Waals surface area contributed by atoms with Crippen LogP contribution in [0.4, 0.5) is 5.69 Å². The van der Waals surface area contributed by atoms with Crippen molar-refractivity contribution in [3.05, 3.63) is 82.8 Å². The molecule has 3 aromatic carbocycles. The number of anilines is 1. The van der Waals surface area contributed by atoms with Crippen molar-refractivity contribution >= 4 is 33.5 Å². The van der Waals surface area contributed by atoms with Gasteiger partial charge in [0, 0.05) is 11.3 Å². The molecule has 1 N–H and O–H groups in total. The summed E-state index contributed by atoms with van der Waals surface area (Å²) in [5, 5.41) is 2.80. The van der Waals surface area contributed by atoms with Crippen LogP contribution >= 0.6 is 15.9 Å². The molecule has 0 spiro atoms. The molecule has 0 unspecified atom stereocenters. The van der Waals surface area contributed by atoms with Crippen LogP contribution in [0.3, 0.4) is 0 Å². The Morgan fingerprint density at radius 2 is 1.68 bits per heavy atom. The number of hydrogen-bond donors (Lipinski definition) is 1. The minimum atomic E-state index is -0.588. The number of amides is 1. The predicted molar refractivity (Wildman–Crippen MR) is 111 cm³/mol. The third-order valence-corrected chi connectivity index (χ3v) is 4.63. The zero-order valence-electron chi connectivity index (χ0n) is 15.1. The van der Waals surface area contributed by atoms with Gasteiger partial charge in [0.2, 0.25) is 0 Å². The lowest BCUT2D eigenvalue weighted by Gasteiger charge is -2.12. The fraction of sp³-hybridized carbons (Fsp3) is 0.0909. The van der Waals surface area contributed by atoms with Gasteiger partial charge >= 0.3 is 5.97 Å². The molecule has 0 radical (unpaired) electrons. The Hall–Kier alpha value is -3.12. The van der Waals surface area contributed by atoms with Gasteiger partial charge in [-0.15, -0.1) is 0 Å². The second-order valence-electron chi connectivity index (χ2n) is 5.89. The van der Waals surface area contributed by atoms with E-state index in [1.54, 1.807) is 18.2 Å². The van der Waals surface area contributed by atoms with E-state index in [9.17, 15) is 9.59 Å². The summed E-state index contributed by atoms with van der Waals surface area (Å²) >= 11 is 3.32. The van der Waals surface area contributed by atoms with Crippen LogP contribution in [0.1, 0.15) is 10.4 Å². The molecule has 0 atom stereocenters. The molecule has 0 bridgehead atoms. The van der Waals surface area contributed by atoms with E-state index in [2.05, 4.69) is 21.2 Å². The molecule has 0 saturated carbocycles. The normalized spacial score (nSPS) is 10.2. The van der Waals surface area contributed by atoms with E-state index in [1.807, 2.05) is 54.6 Å². The highest BCUT2D eigenvalue weighted by Crippen LogP contribution is 2.28. The van der Waals surface area contributed by atoms with Crippen LogP contribution in [0.2, 0.25) is 0 Å². The average molecular weight is 440 g/mol. The first kappa shape index (κ1) is 19.6. The minimum Gasteiger partial charge on any atom is -0.496 e. The van der Waals surface area contributed by atoms with Crippen molar-refractivity contribution in [2.45, 2.75) is 0 Å². The smallest absolute Gasteiger partial charge is 0.338 e. The molecular formula is C22H18BrNO4. The predicted octanol–water partition coefficient (Wildman–Crippen LogP) is 4.92. The number of para-hydroxylation sites is 1. The maximum atomic E-state index is 12.3. The zero-order chi connectivity index (χ0) is 19.9. The molecule has 0 saturated heterocycles. The quantitative estimate of drug-likeness (QED) is 0.553. The number of nitrogens with one attached hydrogen (secondary N) is 1.